The van der Waals surface area contributed by atoms with E-state index in [0.717, 1.165) is 22.1 Å². The van der Waals surface area contributed by atoms with Gasteiger partial charge in [-0.2, -0.15) is 0 Å². The third-order valence-corrected chi connectivity index (χ3v) is 2.85. The normalized spacial score (nSPS) is 12.6. The third kappa shape index (κ3) is 1.14. The Morgan fingerprint density at radius 2 is 2.07 bits per heavy atom. The van der Waals surface area contributed by atoms with E-state index in [0.29, 0.717) is 0 Å². The van der Waals surface area contributed by atoms with Gasteiger partial charge in [-0.1, -0.05) is 12.1 Å². The van der Waals surface area contributed by atoms with Gasteiger partial charge >= 0.3 is 0 Å². The van der Waals surface area contributed by atoms with Gasteiger partial charge in [-0.25, -0.2) is 0 Å². The van der Waals surface area contributed by atoms with Crippen molar-refractivity contribution in [3.8, 4) is 10.8 Å². The number of rotatable bonds is 0. The maximum atomic E-state index is 5.74. The average molecular weight is 201 g/mol. The molecule has 0 aliphatic carbocycles. The van der Waals surface area contributed by atoms with Gasteiger partial charge < -0.3 is 4.74 Å². The molecule has 0 unspecified atom stereocenters. The lowest BCUT2D eigenvalue weighted by molar-refractivity contribution is 0.498. The summed E-state index contributed by atoms with van der Waals surface area (Å²) in [5, 5.41) is 2.85. The van der Waals surface area contributed by atoms with Crippen molar-refractivity contribution in [3.63, 3.8) is 0 Å². The van der Waals surface area contributed by atoms with Crippen molar-refractivity contribution in [1.29, 1.82) is 0 Å². The number of ether oxygens (including phenoxy) is 1. The van der Waals surface area contributed by atoms with Gasteiger partial charge in [0.25, 0.3) is 0 Å². The maximum absolute atomic E-state index is 5.74. The highest BCUT2D eigenvalue weighted by Crippen LogP contribution is 2.39. The van der Waals surface area contributed by atoms with Crippen LogP contribution in [0, 0.1) is 0 Å². The zero-order chi connectivity index (χ0) is 9.38. The SMILES string of the molecule is C1=Nc2ccsc2Oc2ccccc21. The molecule has 0 saturated heterocycles. The number of fused-ring (bicyclic) bond motifs is 2. The van der Waals surface area contributed by atoms with Crippen LogP contribution < -0.4 is 4.74 Å². The van der Waals surface area contributed by atoms with Gasteiger partial charge in [-0.3, -0.25) is 4.99 Å². The summed E-state index contributed by atoms with van der Waals surface area (Å²) in [5.74, 6) is 0.873. The first-order chi connectivity index (χ1) is 6.93. The Hall–Kier alpha value is -1.61. The fourth-order valence-electron chi connectivity index (χ4n) is 1.38. The van der Waals surface area contributed by atoms with Crippen molar-refractivity contribution in [2.45, 2.75) is 0 Å². The van der Waals surface area contributed by atoms with Gasteiger partial charge in [0.15, 0.2) is 0 Å². The number of hydrogen-bond acceptors (Lipinski definition) is 3. The van der Waals surface area contributed by atoms with E-state index in [1.807, 2.05) is 41.9 Å². The van der Waals surface area contributed by atoms with Gasteiger partial charge in [0.05, 0.1) is 0 Å². The Bertz CT molecular complexity index is 501. The minimum Gasteiger partial charge on any atom is -0.444 e. The van der Waals surface area contributed by atoms with Crippen LogP contribution in [0.4, 0.5) is 5.69 Å². The zero-order valence-corrected chi connectivity index (χ0v) is 8.12. The minimum absolute atomic E-state index is 0.867. The lowest BCUT2D eigenvalue weighted by atomic mass is 10.2. The number of benzene rings is 1. The number of nitrogens with zero attached hydrogens (tertiary/aromatic N) is 1. The van der Waals surface area contributed by atoms with Gasteiger partial charge in [-0.15, -0.1) is 11.3 Å². The molecule has 14 heavy (non-hydrogen) atoms. The van der Waals surface area contributed by atoms with Gasteiger partial charge in [0.1, 0.15) is 11.4 Å². The highest BCUT2D eigenvalue weighted by molar-refractivity contribution is 7.12. The summed E-state index contributed by atoms with van der Waals surface area (Å²) >= 11 is 1.57. The van der Waals surface area contributed by atoms with Gasteiger partial charge in [0, 0.05) is 11.8 Å². The van der Waals surface area contributed by atoms with Crippen LogP contribution in [-0.2, 0) is 0 Å². The van der Waals surface area contributed by atoms with Crippen molar-refractivity contribution in [2.24, 2.45) is 4.99 Å². The van der Waals surface area contributed by atoms with Crippen molar-refractivity contribution < 1.29 is 4.74 Å². The van der Waals surface area contributed by atoms with E-state index in [9.17, 15) is 0 Å². The van der Waals surface area contributed by atoms with Crippen LogP contribution in [0.15, 0.2) is 40.7 Å². The van der Waals surface area contributed by atoms with Crippen LogP contribution in [-0.4, -0.2) is 6.21 Å². The second-order valence-corrected chi connectivity index (χ2v) is 3.87. The summed E-state index contributed by atoms with van der Waals surface area (Å²) in [6.45, 7) is 0. The van der Waals surface area contributed by atoms with E-state index < -0.39 is 0 Å². The van der Waals surface area contributed by atoms with Crippen molar-refractivity contribution >= 4 is 23.2 Å². The fourth-order valence-corrected chi connectivity index (χ4v) is 2.08. The number of para-hydroxylation sites is 1. The molecule has 3 rings (SSSR count). The van der Waals surface area contributed by atoms with Crippen molar-refractivity contribution in [3.05, 3.63) is 41.3 Å². The lowest BCUT2D eigenvalue weighted by Gasteiger charge is -2.03. The third-order valence-electron chi connectivity index (χ3n) is 2.07. The second-order valence-electron chi connectivity index (χ2n) is 2.99. The molecule has 0 radical (unpaired) electrons. The predicted octanol–water partition coefficient (Wildman–Crippen LogP) is 3.60. The minimum atomic E-state index is 0.867. The Balaban J connectivity index is 2.19. The van der Waals surface area contributed by atoms with Crippen LogP contribution in [0.1, 0.15) is 5.56 Å². The molecule has 1 aromatic carbocycles. The Kier molecular flexibility index (Phi) is 1.64. The smallest absolute Gasteiger partial charge is 0.206 e. The average Bonchev–Trinajstić information content (AvgIpc) is 2.58. The molecule has 0 bridgehead atoms. The topological polar surface area (TPSA) is 21.6 Å². The molecule has 0 N–H and O–H groups in total. The summed E-state index contributed by atoms with van der Waals surface area (Å²) < 4.78 is 5.74. The number of hydrogen-bond donors (Lipinski definition) is 0. The lowest BCUT2D eigenvalue weighted by Crippen LogP contribution is -1.85. The van der Waals surface area contributed by atoms with Crippen LogP contribution in [0.2, 0.25) is 0 Å². The van der Waals surface area contributed by atoms with E-state index >= 15 is 0 Å². The molecular formula is C11H7NOS. The van der Waals surface area contributed by atoms with Crippen LogP contribution in [0.3, 0.4) is 0 Å². The first kappa shape index (κ1) is 7.76. The Morgan fingerprint density at radius 3 is 3.07 bits per heavy atom. The quantitative estimate of drug-likeness (QED) is 0.544. The summed E-state index contributed by atoms with van der Waals surface area (Å²) in [6.07, 6.45) is 1.84. The van der Waals surface area contributed by atoms with Crippen LogP contribution in [0.25, 0.3) is 0 Å². The van der Waals surface area contributed by atoms with E-state index in [2.05, 4.69) is 4.99 Å². The summed E-state index contributed by atoms with van der Waals surface area (Å²) in [4.78, 5) is 4.35. The van der Waals surface area contributed by atoms with E-state index in [1.54, 1.807) is 11.3 Å². The molecule has 0 atom stereocenters. The second kappa shape index (κ2) is 2.96. The van der Waals surface area contributed by atoms with Gasteiger partial charge in [-0.05, 0) is 23.6 Å². The molecular weight excluding hydrogens is 194 g/mol. The standard InChI is InChI=1S/C11H7NOS/c1-2-4-10-8(3-1)7-12-9-5-6-14-11(9)13-10/h1-7H. The predicted molar refractivity (Wildman–Crippen MR) is 58.1 cm³/mol. The molecule has 1 aliphatic heterocycles. The van der Waals surface area contributed by atoms with Crippen molar-refractivity contribution in [2.75, 3.05) is 0 Å². The summed E-state index contributed by atoms with van der Waals surface area (Å²) in [7, 11) is 0. The molecule has 68 valence electrons. The molecule has 2 aromatic rings. The number of aliphatic imine (C=N–C) groups is 1. The molecule has 1 aliphatic rings. The Morgan fingerprint density at radius 1 is 1.14 bits per heavy atom. The summed E-state index contributed by atoms with van der Waals surface area (Å²) in [5.41, 5.74) is 1.93. The first-order valence-electron chi connectivity index (χ1n) is 4.32. The molecule has 2 nitrogen and oxygen atoms in total. The fraction of sp³-hybridized carbons (Fsp3) is 0. The molecule has 0 spiro atoms. The van der Waals surface area contributed by atoms with E-state index in [-0.39, 0.29) is 0 Å². The molecule has 2 heterocycles. The highest BCUT2D eigenvalue weighted by Gasteiger charge is 2.11. The van der Waals surface area contributed by atoms with E-state index in [1.165, 1.54) is 0 Å². The van der Waals surface area contributed by atoms with Crippen molar-refractivity contribution in [1.82, 2.24) is 0 Å². The Labute approximate surface area is 85.5 Å². The highest BCUT2D eigenvalue weighted by atomic mass is 32.1. The van der Waals surface area contributed by atoms with Crippen LogP contribution >= 0.6 is 11.3 Å². The van der Waals surface area contributed by atoms with Gasteiger partial charge in [0.2, 0.25) is 5.06 Å². The summed E-state index contributed by atoms with van der Waals surface area (Å²) in [6, 6.07) is 9.85. The molecule has 0 amide bonds. The number of thiophene rings is 1. The monoisotopic (exact) mass is 201 g/mol. The molecule has 0 fully saturated rings. The zero-order valence-electron chi connectivity index (χ0n) is 7.31. The van der Waals surface area contributed by atoms with E-state index in [4.69, 9.17) is 4.74 Å². The molecule has 3 heteroatoms. The molecule has 1 aromatic heterocycles. The molecule has 0 saturated carbocycles. The maximum Gasteiger partial charge on any atom is 0.206 e. The largest absolute Gasteiger partial charge is 0.444 e. The first-order valence-corrected chi connectivity index (χ1v) is 5.20. The van der Waals surface area contributed by atoms with Crippen LogP contribution in [0.5, 0.6) is 10.8 Å².